The molecule has 2 heterocycles. The van der Waals surface area contributed by atoms with Crippen LogP contribution in [0.15, 0.2) is 16.7 Å². The van der Waals surface area contributed by atoms with Crippen LogP contribution in [0, 0.1) is 18.6 Å². The third-order valence-corrected chi connectivity index (χ3v) is 3.58. The highest BCUT2D eigenvalue weighted by atomic mass is 19.1. The van der Waals surface area contributed by atoms with Crippen LogP contribution in [-0.4, -0.2) is 23.2 Å². The number of nitrogens with zero attached hydrogens (tertiary/aromatic N) is 2. The van der Waals surface area contributed by atoms with Crippen LogP contribution in [0.3, 0.4) is 0 Å². The molecule has 4 nitrogen and oxygen atoms in total. The Morgan fingerprint density at radius 1 is 1.30 bits per heavy atom. The van der Waals surface area contributed by atoms with Gasteiger partial charge in [0.15, 0.2) is 5.82 Å². The van der Waals surface area contributed by atoms with Gasteiger partial charge >= 0.3 is 0 Å². The third-order valence-electron chi connectivity index (χ3n) is 3.58. The van der Waals surface area contributed by atoms with Gasteiger partial charge in [0.1, 0.15) is 11.6 Å². The Hall–Kier alpha value is -1.82. The molecule has 106 valence electrons. The number of benzene rings is 1. The van der Waals surface area contributed by atoms with Crippen molar-refractivity contribution in [3.05, 3.63) is 35.2 Å². The van der Waals surface area contributed by atoms with Gasteiger partial charge in [0, 0.05) is 18.5 Å². The van der Waals surface area contributed by atoms with Crippen LogP contribution in [0.1, 0.15) is 30.1 Å². The van der Waals surface area contributed by atoms with E-state index in [0.717, 1.165) is 32.0 Å². The van der Waals surface area contributed by atoms with Crippen molar-refractivity contribution in [2.24, 2.45) is 0 Å². The molecule has 1 fully saturated rings. The highest BCUT2D eigenvalue weighted by molar-refractivity contribution is 5.55. The van der Waals surface area contributed by atoms with Crippen LogP contribution in [0.5, 0.6) is 0 Å². The fourth-order valence-electron chi connectivity index (χ4n) is 2.40. The fourth-order valence-corrected chi connectivity index (χ4v) is 2.40. The smallest absolute Gasteiger partial charge is 0.260 e. The van der Waals surface area contributed by atoms with Gasteiger partial charge in [-0.1, -0.05) is 5.16 Å². The maximum atomic E-state index is 13.8. The molecule has 20 heavy (non-hydrogen) atoms. The summed E-state index contributed by atoms with van der Waals surface area (Å²) in [4.78, 5) is 4.26. The van der Waals surface area contributed by atoms with Crippen LogP contribution in [0.4, 0.5) is 8.78 Å². The van der Waals surface area contributed by atoms with Gasteiger partial charge < -0.3 is 9.84 Å². The van der Waals surface area contributed by atoms with Crippen molar-refractivity contribution in [2.45, 2.75) is 25.7 Å². The predicted molar refractivity (Wildman–Crippen MR) is 69.2 cm³/mol. The van der Waals surface area contributed by atoms with E-state index >= 15 is 0 Å². The number of aromatic nitrogens is 2. The van der Waals surface area contributed by atoms with Gasteiger partial charge in [-0.05, 0) is 37.9 Å². The second-order valence-corrected chi connectivity index (χ2v) is 5.08. The number of rotatable bonds is 2. The van der Waals surface area contributed by atoms with Gasteiger partial charge in [0.2, 0.25) is 0 Å². The molecule has 0 radical (unpaired) electrons. The van der Waals surface area contributed by atoms with E-state index in [9.17, 15) is 8.78 Å². The molecule has 2 aromatic rings. The summed E-state index contributed by atoms with van der Waals surface area (Å²) in [5.74, 6) is -0.404. The zero-order valence-corrected chi connectivity index (χ0v) is 11.1. The first-order chi connectivity index (χ1) is 9.65. The lowest BCUT2D eigenvalue weighted by atomic mass is 9.99. The van der Waals surface area contributed by atoms with E-state index in [-0.39, 0.29) is 17.4 Å². The Bertz CT molecular complexity index is 621. The number of nitrogens with one attached hydrogen (secondary N) is 1. The standard InChI is InChI=1S/C14H15F2N3O/c1-8-5-10(12(16)6-11(8)15)14-18-13(19-20-14)9-3-2-4-17-7-9/h5-6,9,17H,2-4,7H2,1H3. The molecular formula is C14H15F2N3O. The minimum Gasteiger partial charge on any atom is -0.334 e. The number of hydrogen-bond acceptors (Lipinski definition) is 4. The van der Waals surface area contributed by atoms with Gasteiger partial charge in [0.25, 0.3) is 5.89 Å². The van der Waals surface area contributed by atoms with E-state index in [0.29, 0.717) is 11.4 Å². The van der Waals surface area contributed by atoms with Gasteiger partial charge in [0.05, 0.1) is 5.56 Å². The van der Waals surface area contributed by atoms with Gasteiger partial charge in [-0.25, -0.2) is 8.78 Å². The monoisotopic (exact) mass is 279 g/mol. The first-order valence-corrected chi connectivity index (χ1v) is 6.65. The minimum absolute atomic E-state index is 0.103. The molecule has 1 unspecified atom stereocenters. The SMILES string of the molecule is Cc1cc(-c2nc(C3CCCNC3)no2)c(F)cc1F. The molecule has 0 bridgehead atoms. The summed E-state index contributed by atoms with van der Waals surface area (Å²) in [7, 11) is 0. The van der Waals surface area contributed by atoms with Gasteiger partial charge in [-0.3, -0.25) is 0 Å². The summed E-state index contributed by atoms with van der Waals surface area (Å²) in [6.07, 6.45) is 2.04. The molecule has 0 amide bonds. The predicted octanol–water partition coefficient (Wildman–Crippen LogP) is 2.79. The number of halogens is 2. The van der Waals surface area contributed by atoms with E-state index in [1.807, 2.05) is 0 Å². The number of hydrogen-bond donors (Lipinski definition) is 1. The molecule has 1 aliphatic heterocycles. The Balaban J connectivity index is 1.91. The maximum absolute atomic E-state index is 13.8. The molecule has 1 aromatic heterocycles. The molecule has 1 aromatic carbocycles. The summed E-state index contributed by atoms with van der Waals surface area (Å²) >= 11 is 0. The Morgan fingerprint density at radius 2 is 2.15 bits per heavy atom. The molecule has 1 N–H and O–H groups in total. The van der Waals surface area contributed by atoms with E-state index in [2.05, 4.69) is 15.5 Å². The largest absolute Gasteiger partial charge is 0.334 e. The lowest BCUT2D eigenvalue weighted by molar-refractivity contribution is 0.392. The highest BCUT2D eigenvalue weighted by Gasteiger charge is 2.22. The number of piperidine rings is 1. The quantitative estimate of drug-likeness (QED) is 0.918. The van der Waals surface area contributed by atoms with Crippen molar-refractivity contribution in [3.63, 3.8) is 0 Å². The first kappa shape index (κ1) is 13.2. The molecule has 6 heteroatoms. The lowest BCUT2D eigenvalue weighted by Gasteiger charge is -2.19. The average Bonchev–Trinajstić information content (AvgIpc) is 2.93. The maximum Gasteiger partial charge on any atom is 0.260 e. The van der Waals surface area contributed by atoms with Gasteiger partial charge in [-0.2, -0.15) is 4.98 Å². The molecular weight excluding hydrogens is 264 g/mol. The van der Waals surface area contributed by atoms with Crippen LogP contribution < -0.4 is 5.32 Å². The second-order valence-electron chi connectivity index (χ2n) is 5.08. The topological polar surface area (TPSA) is 51.0 Å². The molecule has 0 spiro atoms. The summed E-state index contributed by atoms with van der Waals surface area (Å²) in [6, 6.07) is 2.23. The molecule has 0 saturated carbocycles. The van der Waals surface area contributed by atoms with E-state index in [1.54, 1.807) is 6.92 Å². The van der Waals surface area contributed by atoms with Crippen molar-refractivity contribution in [1.82, 2.24) is 15.5 Å². The second kappa shape index (κ2) is 5.28. The summed E-state index contributed by atoms with van der Waals surface area (Å²) in [5.41, 5.74) is 0.493. The highest BCUT2D eigenvalue weighted by Crippen LogP contribution is 2.27. The Morgan fingerprint density at radius 3 is 2.90 bits per heavy atom. The van der Waals surface area contributed by atoms with Crippen molar-refractivity contribution in [2.75, 3.05) is 13.1 Å². The fraction of sp³-hybridized carbons (Fsp3) is 0.429. The Labute approximate surface area is 115 Å². The van der Waals surface area contributed by atoms with Crippen molar-refractivity contribution in [1.29, 1.82) is 0 Å². The zero-order valence-electron chi connectivity index (χ0n) is 11.1. The van der Waals surface area contributed by atoms with E-state index in [4.69, 9.17) is 4.52 Å². The molecule has 1 aliphatic rings. The van der Waals surface area contributed by atoms with E-state index < -0.39 is 11.6 Å². The van der Waals surface area contributed by atoms with Crippen molar-refractivity contribution in [3.8, 4) is 11.5 Å². The van der Waals surface area contributed by atoms with Crippen molar-refractivity contribution < 1.29 is 13.3 Å². The lowest BCUT2D eigenvalue weighted by Crippen LogP contribution is -2.28. The van der Waals surface area contributed by atoms with Gasteiger partial charge in [-0.15, -0.1) is 0 Å². The molecule has 0 aliphatic carbocycles. The average molecular weight is 279 g/mol. The minimum atomic E-state index is -0.690. The summed E-state index contributed by atoms with van der Waals surface area (Å²) < 4.78 is 32.2. The molecule has 1 saturated heterocycles. The summed E-state index contributed by atoms with van der Waals surface area (Å²) in [5, 5.41) is 7.19. The molecule has 1 atom stereocenters. The first-order valence-electron chi connectivity index (χ1n) is 6.65. The van der Waals surface area contributed by atoms with Crippen LogP contribution in [0.25, 0.3) is 11.5 Å². The van der Waals surface area contributed by atoms with Crippen LogP contribution >= 0.6 is 0 Å². The van der Waals surface area contributed by atoms with Crippen LogP contribution in [0.2, 0.25) is 0 Å². The molecule has 3 rings (SSSR count). The number of aryl methyl sites for hydroxylation is 1. The van der Waals surface area contributed by atoms with Crippen LogP contribution in [-0.2, 0) is 0 Å². The third kappa shape index (κ3) is 2.43. The normalized spacial score (nSPS) is 19.2. The van der Waals surface area contributed by atoms with E-state index in [1.165, 1.54) is 6.07 Å². The Kier molecular flexibility index (Phi) is 3.48. The zero-order chi connectivity index (χ0) is 14.1. The van der Waals surface area contributed by atoms with Crippen molar-refractivity contribution >= 4 is 0 Å². The summed E-state index contributed by atoms with van der Waals surface area (Å²) in [6.45, 7) is 3.36.